The van der Waals surface area contributed by atoms with E-state index in [9.17, 15) is 13.2 Å². The Bertz CT molecular complexity index is 355. The summed E-state index contributed by atoms with van der Waals surface area (Å²) in [6.45, 7) is 0.0823. The zero-order valence-electron chi connectivity index (χ0n) is 8.09. The fourth-order valence-electron chi connectivity index (χ4n) is 1.13. The SMILES string of the molecule is Cl.NC[C@@H](N)c1ccc(Cl)c(C(F)(F)F)c1. The van der Waals surface area contributed by atoms with Crippen LogP contribution >= 0.6 is 24.0 Å². The molecule has 7 heteroatoms. The largest absolute Gasteiger partial charge is 0.417 e. The Balaban J connectivity index is 0.00000225. The van der Waals surface area contributed by atoms with E-state index in [0.29, 0.717) is 5.56 Å². The van der Waals surface area contributed by atoms with Crippen LogP contribution in [0.3, 0.4) is 0 Å². The summed E-state index contributed by atoms with van der Waals surface area (Å²) < 4.78 is 37.3. The van der Waals surface area contributed by atoms with Gasteiger partial charge in [0.05, 0.1) is 10.6 Å². The molecule has 0 aliphatic rings. The molecule has 0 saturated heterocycles. The Hall–Kier alpha value is -0.490. The van der Waals surface area contributed by atoms with Crippen LogP contribution in [-0.2, 0) is 6.18 Å². The average Bonchev–Trinajstić information content (AvgIpc) is 2.15. The minimum atomic E-state index is -4.47. The molecule has 2 nitrogen and oxygen atoms in total. The topological polar surface area (TPSA) is 52.0 Å². The lowest BCUT2D eigenvalue weighted by molar-refractivity contribution is -0.137. The molecule has 0 radical (unpaired) electrons. The summed E-state index contributed by atoms with van der Waals surface area (Å²) in [6.07, 6.45) is -4.47. The molecule has 0 saturated carbocycles. The van der Waals surface area contributed by atoms with E-state index in [1.165, 1.54) is 12.1 Å². The van der Waals surface area contributed by atoms with E-state index in [1.54, 1.807) is 0 Å². The Kier molecular flexibility index (Phi) is 5.55. The van der Waals surface area contributed by atoms with Crippen LogP contribution in [0.1, 0.15) is 17.2 Å². The maximum absolute atomic E-state index is 12.4. The molecular formula is C9H11Cl2F3N2. The molecule has 0 aliphatic heterocycles. The van der Waals surface area contributed by atoms with Crippen molar-refractivity contribution in [2.75, 3.05) is 6.54 Å². The normalized spacial score (nSPS) is 13.1. The van der Waals surface area contributed by atoms with Crippen LogP contribution in [0.4, 0.5) is 13.2 Å². The maximum atomic E-state index is 12.4. The highest BCUT2D eigenvalue weighted by Crippen LogP contribution is 2.35. The predicted molar refractivity (Wildman–Crippen MR) is 59.7 cm³/mol. The highest BCUT2D eigenvalue weighted by Gasteiger charge is 2.33. The first kappa shape index (κ1) is 15.5. The minimum absolute atomic E-state index is 0. The van der Waals surface area contributed by atoms with E-state index < -0.39 is 17.8 Å². The van der Waals surface area contributed by atoms with Crippen LogP contribution in [0.2, 0.25) is 5.02 Å². The summed E-state index contributed by atoms with van der Waals surface area (Å²) >= 11 is 5.44. The van der Waals surface area contributed by atoms with Gasteiger partial charge in [0, 0.05) is 12.6 Å². The number of alkyl halides is 3. The lowest BCUT2D eigenvalue weighted by Gasteiger charge is -2.14. The lowest BCUT2D eigenvalue weighted by Crippen LogP contribution is -2.21. The van der Waals surface area contributed by atoms with Crippen molar-refractivity contribution in [3.63, 3.8) is 0 Å². The van der Waals surface area contributed by atoms with Crippen molar-refractivity contribution in [1.29, 1.82) is 0 Å². The Morgan fingerprint density at radius 2 is 1.88 bits per heavy atom. The van der Waals surface area contributed by atoms with Gasteiger partial charge in [-0.25, -0.2) is 0 Å². The van der Waals surface area contributed by atoms with Crippen molar-refractivity contribution < 1.29 is 13.2 Å². The van der Waals surface area contributed by atoms with Crippen LogP contribution in [-0.4, -0.2) is 6.54 Å². The van der Waals surface area contributed by atoms with Crippen LogP contribution in [0.15, 0.2) is 18.2 Å². The molecular weight excluding hydrogens is 264 g/mol. The van der Waals surface area contributed by atoms with E-state index in [4.69, 9.17) is 23.1 Å². The van der Waals surface area contributed by atoms with Gasteiger partial charge in [-0.05, 0) is 17.7 Å². The van der Waals surface area contributed by atoms with Crippen LogP contribution < -0.4 is 11.5 Å². The van der Waals surface area contributed by atoms with E-state index in [-0.39, 0.29) is 24.0 Å². The van der Waals surface area contributed by atoms with Crippen LogP contribution in [0, 0.1) is 0 Å². The number of hydrogen-bond donors (Lipinski definition) is 2. The maximum Gasteiger partial charge on any atom is 0.417 e. The summed E-state index contributed by atoms with van der Waals surface area (Å²) in [4.78, 5) is 0. The average molecular weight is 275 g/mol. The minimum Gasteiger partial charge on any atom is -0.329 e. The van der Waals surface area contributed by atoms with E-state index >= 15 is 0 Å². The molecule has 0 amide bonds. The molecule has 0 fully saturated rings. The van der Waals surface area contributed by atoms with Crippen LogP contribution in [0.5, 0.6) is 0 Å². The molecule has 0 heterocycles. The molecule has 0 aliphatic carbocycles. The zero-order chi connectivity index (χ0) is 11.6. The molecule has 4 N–H and O–H groups in total. The van der Waals surface area contributed by atoms with Gasteiger partial charge in [0.25, 0.3) is 0 Å². The fraction of sp³-hybridized carbons (Fsp3) is 0.333. The van der Waals surface area contributed by atoms with Crippen LogP contribution in [0.25, 0.3) is 0 Å². The first-order valence-corrected chi connectivity index (χ1v) is 4.56. The van der Waals surface area contributed by atoms with E-state index in [1.807, 2.05) is 0 Å². The quantitative estimate of drug-likeness (QED) is 0.871. The zero-order valence-corrected chi connectivity index (χ0v) is 9.66. The van der Waals surface area contributed by atoms with Crippen molar-refractivity contribution >= 4 is 24.0 Å². The summed E-state index contributed by atoms with van der Waals surface area (Å²) in [5.41, 5.74) is 10.2. The van der Waals surface area contributed by atoms with Crippen molar-refractivity contribution in [3.8, 4) is 0 Å². The third-order valence-corrected chi connectivity index (χ3v) is 2.31. The fourth-order valence-corrected chi connectivity index (χ4v) is 1.35. The summed E-state index contributed by atoms with van der Waals surface area (Å²) in [5.74, 6) is 0. The highest BCUT2D eigenvalue weighted by atomic mass is 35.5. The second-order valence-electron chi connectivity index (χ2n) is 3.08. The molecule has 0 unspecified atom stereocenters. The van der Waals surface area contributed by atoms with E-state index in [0.717, 1.165) is 6.07 Å². The van der Waals surface area contributed by atoms with Gasteiger partial charge < -0.3 is 11.5 Å². The molecule has 0 aromatic heterocycles. The third-order valence-electron chi connectivity index (χ3n) is 1.98. The second-order valence-corrected chi connectivity index (χ2v) is 3.49. The first-order valence-electron chi connectivity index (χ1n) is 4.18. The highest BCUT2D eigenvalue weighted by molar-refractivity contribution is 6.31. The summed E-state index contributed by atoms with van der Waals surface area (Å²) in [6, 6.07) is 2.94. The number of nitrogens with two attached hydrogens (primary N) is 2. The van der Waals surface area contributed by atoms with Gasteiger partial charge in [0.2, 0.25) is 0 Å². The predicted octanol–water partition coefficient (Wildman–Crippen LogP) is 2.74. The monoisotopic (exact) mass is 274 g/mol. The van der Waals surface area contributed by atoms with Gasteiger partial charge in [-0.3, -0.25) is 0 Å². The second kappa shape index (κ2) is 5.72. The lowest BCUT2D eigenvalue weighted by atomic mass is 10.0. The van der Waals surface area contributed by atoms with Crippen molar-refractivity contribution in [2.24, 2.45) is 11.5 Å². The molecule has 92 valence electrons. The smallest absolute Gasteiger partial charge is 0.329 e. The molecule has 1 rings (SSSR count). The molecule has 1 atom stereocenters. The Morgan fingerprint density at radius 1 is 1.31 bits per heavy atom. The van der Waals surface area contributed by atoms with Gasteiger partial charge >= 0.3 is 6.18 Å². The molecule has 16 heavy (non-hydrogen) atoms. The Morgan fingerprint density at radius 3 is 2.31 bits per heavy atom. The summed E-state index contributed by atoms with van der Waals surface area (Å²) in [5, 5.41) is -0.338. The third kappa shape index (κ3) is 3.52. The van der Waals surface area contributed by atoms with Gasteiger partial charge in [-0.15, -0.1) is 12.4 Å². The first-order chi connectivity index (χ1) is 6.86. The summed E-state index contributed by atoms with van der Waals surface area (Å²) in [7, 11) is 0. The van der Waals surface area contributed by atoms with Crippen molar-refractivity contribution in [3.05, 3.63) is 34.3 Å². The van der Waals surface area contributed by atoms with Crippen molar-refractivity contribution in [1.82, 2.24) is 0 Å². The number of hydrogen-bond acceptors (Lipinski definition) is 2. The molecule has 0 bridgehead atoms. The molecule has 1 aromatic rings. The van der Waals surface area contributed by atoms with E-state index in [2.05, 4.69) is 0 Å². The standard InChI is InChI=1S/C9H10ClF3N2.ClH/c10-7-2-1-5(8(15)4-14)3-6(7)9(11,12)13;/h1-3,8H,4,14-15H2;1H/t8-;/m1./s1. The van der Waals surface area contributed by atoms with Gasteiger partial charge in [-0.2, -0.15) is 13.2 Å². The number of rotatable bonds is 2. The van der Waals surface area contributed by atoms with Crippen molar-refractivity contribution in [2.45, 2.75) is 12.2 Å². The van der Waals surface area contributed by atoms with Gasteiger partial charge in [-0.1, -0.05) is 17.7 Å². The van der Waals surface area contributed by atoms with Gasteiger partial charge in [0.1, 0.15) is 0 Å². The number of halogens is 5. The van der Waals surface area contributed by atoms with Gasteiger partial charge in [0.15, 0.2) is 0 Å². The number of benzene rings is 1. The molecule has 1 aromatic carbocycles. The molecule has 0 spiro atoms. The Labute approximate surface area is 102 Å².